The normalized spacial score (nSPS) is 16.5. The van der Waals surface area contributed by atoms with Crippen molar-refractivity contribution in [2.24, 2.45) is 0 Å². The standard InChI is InChI=1S/C48H50N8O14/c1-2-48(66)32-17-35-44-29(22-56(35)46(64)31(32)24-68-47(48)65)30(28-16-36-37(70-26-69-36)18-33(28)54-44)23-67-25-52-40(59)20-51-45(63)34(15-27-9-5-3-6-10-27)53-41(60)21-50-39(58)19-49-38(57)11-7-4-8-14-55-42(61)12-13-43(55)62/h3,5-6,9-10,12-13,16-18,34,66H,2,4,7-8,11,14-15,19-26H2,1H3,(H,49,57)(H,50,58)(H,51,63)(H,52,59)(H,53,60)/t34-,48-/m0/s1. The number of benzene rings is 2. The first-order valence-corrected chi connectivity index (χ1v) is 22.7. The largest absolute Gasteiger partial charge is 0.458 e. The highest BCUT2D eigenvalue weighted by atomic mass is 16.7. The number of rotatable bonds is 21. The zero-order valence-corrected chi connectivity index (χ0v) is 38.1. The van der Waals surface area contributed by atoms with E-state index >= 15 is 0 Å². The van der Waals surface area contributed by atoms with Crippen molar-refractivity contribution >= 4 is 58.2 Å². The molecular weight excluding hydrogens is 913 g/mol. The summed E-state index contributed by atoms with van der Waals surface area (Å²) < 4.78 is 23.9. The Bertz CT molecular complexity index is 2870. The van der Waals surface area contributed by atoms with E-state index in [1.807, 2.05) is 0 Å². The van der Waals surface area contributed by atoms with Crippen LogP contribution in [0.2, 0.25) is 0 Å². The molecule has 22 heteroatoms. The number of hydrogen-bond donors (Lipinski definition) is 6. The number of aliphatic hydroxyl groups is 1. The summed E-state index contributed by atoms with van der Waals surface area (Å²) in [6.07, 6.45) is 4.15. The van der Waals surface area contributed by atoms with Crippen molar-refractivity contribution in [2.75, 3.05) is 39.7 Å². The third kappa shape index (κ3) is 10.5. The third-order valence-electron chi connectivity index (χ3n) is 12.4. The van der Waals surface area contributed by atoms with Gasteiger partial charge in [-0.15, -0.1) is 0 Å². The molecule has 2 atom stereocenters. The molecule has 70 heavy (non-hydrogen) atoms. The first kappa shape index (κ1) is 48.5. The molecule has 0 bridgehead atoms. The van der Waals surface area contributed by atoms with Gasteiger partial charge in [0.2, 0.25) is 36.3 Å². The lowest BCUT2D eigenvalue weighted by atomic mass is 9.86. The van der Waals surface area contributed by atoms with Gasteiger partial charge in [-0.05, 0) is 42.5 Å². The summed E-state index contributed by atoms with van der Waals surface area (Å²) in [6.45, 7) is -0.0577. The van der Waals surface area contributed by atoms with Crippen LogP contribution in [0.3, 0.4) is 0 Å². The minimum Gasteiger partial charge on any atom is -0.458 e. The van der Waals surface area contributed by atoms with Gasteiger partial charge in [0, 0.05) is 54.1 Å². The van der Waals surface area contributed by atoms with Crippen molar-refractivity contribution in [3.8, 4) is 22.9 Å². The average molecular weight is 963 g/mol. The lowest BCUT2D eigenvalue weighted by Crippen LogP contribution is -2.52. The molecule has 8 rings (SSSR count). The summed E-state index contributed by atoms with van der Waals surface area (Å²) in [5.74, 6) is -3.64. The van der Waals surface area contributed by atoms with E-state index in [9.17, 15) is 48.3 Å². The van der Waals surface area contributed by atoms with Crippen LogP contribution in [0.25, 0.3) is 22.3 Å². The Hall–Kier alpha value is -7.98. The second-order valence-electron chi connectivity index (χ2n) is 16.9. The van der Waals surface area contributed by atoms with E-state index in [1.165, 1.54) is 16.7 Å². The molecule has 2 aromatic heterocycles. The molecule has 22 nitrogen and oxygen atoms in total. The predicted octanol–water partition coefficient (Wildman–Crippen LogP) is -0.0399. The van der Waals surface area contributed by atoms with E-state index in [0.29, 0.717) is 69.7 Å². The second kappa shape index (κ2) is 21.1. The fraction of sp³-hybridized carbons (Fsp3) is 0.375. The SMILES string of the molecule is CC[C@@]1(O)C(=O)OCc2c1cc1n(c2=O)Cc2c-1nc1cc3c(cc1c2COCNC(=O)CNC(=O)[C@H](Cc1ccccc1)NC(=O)CNC(=O)CNC(=O)CCCCCN1C(=O)C=CC1=O)OCO3. The van der Waals surface area contributed by atoms with Crippen molar-refractivity contribution in [3.63, 3.8) is 0 Å². The average Bonchev–Trinajstić information content (AvgIpc) is 4.07. The summed E-state index contributed by atoms with van der Waals surface area (Å²) in [4.78, 5) is 120. The van der Waals surface area contributed by atoms with Crippen LogP contribution < -0.4 is 41.6 Å². The number of nitrogens with zero attached hydrogens (tertiary/aromatic N) is 3. The number of unbranched alkanes of at least 4 members (excludes halogenated alkanes) is 2. The highest BCUT2D eigenvalue weighted by Crippen LogP contribution is 2.43. The smallest absolute Gasteiger partial charge is 0.343 e. The number of imide groups is 1. The molecule has 4 aliphatic rings. The zero-order chi connectivity index (χ0) is 49.5. The van der Waals surface area contributed by atoms with Gasteiger partial charge in [-0.2, -0.15) is 0 Å². The first-order chi connectivity index (χ1) is 33.7. The van der Waals surface area contributed by atoms with Gasteiger partial charge in [-0.3, -0.25) is 43.3 Å². The van der Waals surface area contributed by atoms with Gasteiger partial charge in [0.25, 0.3) is 17.4 Å². The topological polar surface area (TPSA) is 292 Å². The molecule has 6 heterocycles. The quantitative estimate of drug-likeness (QED) is 0.0244. The van der Waals surface area contributed by atoms with Gasteiger partial charge in [0.05, 0.1) is 55.3 Å². The Balaban J connectivity index is 0.829. The van der Waals surface area contributed by atoms with Crippen molar-refractivity contribution in [3.05, 3.63) is 98.9 Å². The summed E-state index contributed by atoms with van der Waals surface area (Å²) in [7, 11) is 0. The van der Waals surface area contributed by atoms with E-state index in [1.54, 1.807) is 55.5 Å². The van der Waals surface area contributed by atoms with Crippen LogP contribution >= 0.6 is 0 Å². The van der Waals surface area contributed by atoms with Crippen LogP contribution in [0.4, 0.5) is 0 Å². The predicted molar refractivity (Wildman–Crippen MR) is 244 cm³/mol. The summed E-state index contributed by atoms with van der Waals surface area (Å²) in [6, 6.07) is 12.8. The van der Waals surface area contributed by atoms with Crippen molar-refractivity contribution in [1.29, 1.82) is 0 Å². The molecule has 0 aliphatic carbocycles. The van der Waals surface area contributed by atoms with E-state index in [4.69, 9.17) is 23.9 Å². The number of nitrogens with one attached hydrogen (secondary N) is 5. The molecule has 0 unspecified atom stereocenters. The number of amides is 7. The number of fused-ring (bicyclic) bond motifs is 6. The Morgan fingerprint density at radius 2 is 1.51 bits per heavy atom. The maximum atomic E-state index is 13.9. The van der Waals surface area contributed by atoms with Crippen LogP contribution in [0, 0.1) is 0 Å². The molecule has 0 spiro atoms. The minimum absolute atomic E-state index is 0.00976. The Morgan fingerprint density at radius 3 is 2.27 bits per heavy atom. The fourth-order valence-corrected chi connectivity index (χ4v) is 8.55. The van der Waals surface area contributed by atoms with Gasteiger partial charge in [-0.1, -0.05) is 43.7 Å². The van der Waals surface area contributed by atoms with E-state index in [0.717, 1.165) is 4.90 Å². The maximum Gasteiger partial charge on any atom is 0.343 e. The van der Waals surface area contributed by atoms with Crippen molar-refractivity contribution in [1.82, 2.24) is 41.0 Å². The molecule has 0 saturated carbocycles. The lowest BCUT2D eigenvalue weighted by Gasteiger charge is -2.31. The van der Waals surface area contributed by atoms with E-state index in [2.05, 4.69) is 26.6 Å². The van der Waals surface area contributed by atoms with Crippen LogP contribution in [-0.2, 0) is 79.6 Å². The summed E-state index contributed by atoms with van der Waals surface area (Å²) in [5, 5.41) is 24.6. The number of pyridine rings is 2. The number of cyclic esters (lactones) is 1. The monoisotopic (exact) mass is 962 g/mol. The van der Waals surface area contributed by atoms with Crippen molar-refractivity contribution < 1.29 is 62.4 Å². The highest BCUT2D eigenvalue weighted by Gasteiger charge is 2.45. The Labute approximate surface area is 399 Å². The van der Waals surface area contributed by atoms with Crippen LogP contribution in [0.5, 0.6) is 11.5 Å². The lowest BCUT2D eigenvalue weighted by molar-refractivity contribution is -0.172. The first-order valence-electron chi connectivity index (χ1n) is 22.7. The maximum absolute atomic E-state index is 13.9. The molecule has 6 N–H and O–H groups in total. The number of esters is 1. The Kier molecular flexibility index (Phi) is 14.6. The summed E-state index contributed by atoms with van der Waals surface area (Å²) in [5.41, 5.74) is 1.20. The highest BCUT2D eigenvalue weighted by molar-refractivity contribution is 6.12. The van der Waals surface area contributed by atoms with Gasteiger partial charge in [0.15, 0.2) is 17.1 Å². The number of hydrogen-bond acceptors (Lipinski definition) is 15. The molecule has 4 aliphatic heterocycles. The molecule has 2 aromatic carbocycles. The third-order valence-corrected chi connectivity index (χ3v) is 12.4. The van der Waals surface area contributed by atoms with Gasteiger partial charge < -0.3 is 55.2 Å². The minimum atomic E-state index is -2.01. The van der Waals surface area contributed by atoms with Crippen molar-refractivity contribution in [2.45, 2.75) is 76.9 Å². The van der Waals surface area contributed by atoms with Gasteiger partial charge >= 0.3 is 5.97 Å². The fourth-order valence-electron chi connectivity index (χ4n) is 8.55. The van der Waals surface area contributed by atoms with Gasteiger partial charge in [0.1, 0.15) is 19.4 Å². The van der Waals surface area contributed by atoms with Gasteiger partial charge in [-0.25, -0.2) is 9.78 Å². The molecule has 4 aromatic rings. The molecule has 366 valence electrons. The molecule has 0 saturated heterocycles. The van der Waals surface area contributed by atoms with Crippen LogP contribution in [-0.4, -0.2) is 113 Å². The molecule has 0 fully saturated rings. The van der Waals surface area contributed by atoms with E-state index in [-0.39, 0.29) is 82.0 Å². The Morgan fingerprint density at radius 1 is 0.814 bits per heavy atom. The number of aromatic nitrogens is 2. The summed E-state index contributed by atoms with van der Waals surface area (Å²) >= 11 is 0. The molecule has 7 amide bonds. The van der Waals surface area contributed by atoms with E-state index < -0.39 is 72.3 Å². The zero-order valence-electron chi connectivity index (χ0n) is 38.1. The van der Waals surface area contributed by atoms with Crippen LogP contribution in [0.15, 0.2) is 65.5 Å². The number of carbonyl (C=O) groups is 8. The number of carbonyl (C=O) groups excluding carboxylic acids is 8. The molecule has 0 radical (unpaired) electrons. The van der Waals surface area contributed by atoms with Crippen LogP contribution in [0.1, 0.15) is 66.8 Å². The molecular formula is C48H50N8O14. The second-order valence-corrected chi connectivity index (χ2v) is 16.9. The number of ether oxygens (including phenoxy) is 4.